The number of halogens is 2. The van der Waals surface area contributed by atoms with Gasteiger partial charge in [0.1, 0.15) is 11.6 Å². The third-order valence-corrected chi connectivity index (χ3v) is 5.14. The van der Waals surface area contributed by atoms with Crippen LogP contribution in [0.3, 0.4) is 0 Å². The number of benzene rings is 2. The highest BCUT2D eigenvalue weighted by Gasteiger charge is 2.38. The van der Waals surface area contributed by atoms with Crippen LogP contribution in [0.5, 0.6) is 5.75 Å². The molecule has 112 valence electrons. The molecule has 0 spiro atoms. The molecule has 2 aromatic carbocycles. The highest BCUT2D eigenvalue weighted by molar-refractivity contribution is 9.10. The monoisotopic (exact) mass is 359 g/mol. The summed E-state index contributed by atoms with van der Waals surface area (Å²) in [6.07, 6.45) is 5.23. The van der Waals surface area contributed by atoms with Crippen LogP contribution in [0.2, 0.25) is 0 Å². The molecule has 0 radical (unpaired) electrons. The van der Waals surface area contributed by atoms with Crippen molar-refractivity contribution in [3.05, 3.63) is 70.0 Å². The lowest BCUT2D eigenvalue weighted by atomic mass is 9.77. The van der Waals surface area contributed by atoms with Crippen LogP contribution in [0.15, 0.2) is 53.0 Å². The Morgan fingerprint density at radius 2 is 2.00 bits per heavy atom. The Morgan fingerprint density at radius 1 is 1.14 bits per heavy atom. The molecule has 2 aliphatic rings. The normalized spacial score (nSPS) is 25.5. The van der Waals surface area contributed by atoms with Gasteiger partial charge in [-0.2, -0.15) is 0 Å². The summed E-state index contributed by atoms with van der Waals surface area (Å²) in [5, 5.41) is 13.8. The van der Waals surface area contributed by atoms with Crippen molar-refractivity contribution >= 4 is 21.6 Å². The molecular weight excluding hydrogens is 345 g/mol. The molecule has 0 fully saturated rings. The maximum Gasteiger partial charge on any atom is 0.123 e. The van der Waals surface area contributed by atoms with Gasteiger partial charge in [-0.3, -0.25) is 0 Å². The molecule has 3 unspecified atom stereocenters. The highest BCUT2D eigenvalue weighted by Crippen LogP contribution is 2.51. The highest BCUT2D eigenvalue weighted by atomic mass is 79.9. The van der Waals surface area contributed by atoms with E-state index in [0.717, 1.165) is 27.7 Å². The number of anilines is 1. The van der Waals surface area contributed by atoms with Crippen molar-refractivity contribution < 1.29 is 9.50 Å². The van der Waals surface area contributed by atoms with E-state index in [1.165, 1.54) is 6.07 Å². The van der Waals surface area contributed by atoms with Gasteiger partial charge in [-0.15, -0.1) is 0 Å². The van der Waals surface area contributed by atoms with Gasteiger partial charge in [0.05, 0.1) is 6.04 Å². The van der Waals surface area contributed by atoms with Crippen molar-refractivity contribution in [3.8, 4) is 5.75 Å². The van der Waals surface area contributed by atoms with Crippen LogP contribution in [-0.4, -0.2) is 5.11 Å². The van der Waals surface area contributed by atoms with Crippen molar-refractivity contribution in [2.24, 2.45) is 5.92 Å². The minimum absolute atomic E-state index is 0.00969. The Balaban J connectivity index is 1.83. The van der Waals surface area contributed by atoms with Gasteiger partial charge in [0.25, 0.3) is 0 Å². The van der Waals surface area contributed by atoms with Gasteiger partial charge in [-0.25, -0.2) is 4.39 Å². The molecule has 0 amide bonds. The molecular formula is C18H15BrFNO. The van der Waals surface area contributed by atoms with E-state index in [0.29, 0.717) is 0 Å². The number of rotatable bonds is 1. The van der Waals surface area contributed by atoms with Crippen LogP contribution in [-0.2, 0) is 0 Å². The Labute approximate surface area is 136 Å². The SMILES string of the molecule is Oc1ccc(Br)cc1C1Nc2ccc(F)cc2C2C=CCC21. The van der Waals surface area contributed by atoms with Crippen molar-refractivity contribution in [2.45, 2.75) is 18.4 Å². The standard InChI is InChI=1S/C18H15BrFNO/c19-10-4-7-17(22)15(8-10)18-13-3-1-2-12(13)14-9-11(20)5-6-16(14)21-18/h1-2,4-9,12-13,18,21-22H,3H2. The first-order valence-electron chi connectivity index (χ1n) is 7.34. The van der Waals surface area contributed by atoms with Gasteiger partial charge in [0, 0.05) is 21.6 Å². The molecule has 4 heteroatoms. The molecule has 1 aliphatic carbocycles. The molecule has 2 N–H and O–H groups in total. The Morgan fingerprint density at radius 3 is 2.86 bits per heavy atom. The number of nitrogens with one attached hydrogen (secondary N) is 1. The Kier molecular flexibility index (Phi) is 3.22. The molecule has 22 heavy (non-hydrogen) atoms. The summed E-state index contributed by atoms with van der Waals surface area (Å²) in [7, 11) is 0. The summed E-state index contributed by atoms with van der Waals surface area (Å²) in [4.78, 5) is 0. The summed E-state index contributed by atoms with van der Waals surface area (Å²) in [5.74, 6) is 0.560. The fourth-order valence-corrected chi connectivity index (χ4v) is 4.03. The van der Waals surface area contributed by atoms with Crippen molar-refractivity contribution in [1.82, 2.24) is 0 Å². The van der Waals surface area contributed by atoms with Crippen molar-refractivity contribution in [2.75, 3.05) is 5.32 Å². The first kappa shape index (κ1) is 13.8. The number of phenols is 1. The second-order valence-corrected chi connectivity index (χ2v) is 6.83. The van der Waals surface area contributed by atoms with Crippen LogP contribution in [0, 0.1) is 11.7 Å². The lowest BCUT2D eigenvalue weighted by Crippen LogP contribution is -2.29. The van der Waals surface area contributed by atoms with Crippen molar-refractivity contribution in [1.29, 1.82) is 0 Å². The van der Waals surface area contributed by atoms with E-state index in [4.69, 9.17) is 0 Å². The summed E-state index contributed by atoms with van der Waals surface area (Å²) in [5.41, 5.74) is 2.83. The minimum Gasteiger partial charge on any atom is -0.508 e. The fraction of sp³-hybridized carbons (Fsp3) is 0.222. The van der Waals surface area contributed by atoms with E-state index in [2.05, 4.69) is 33.4 Å². The molecule has 0 saturated carbocycles. The van der Waals surface area contributed by atoms with Gasteiger partial charge in [-0.05, 0) is 54.3 Å². The van der Waals surface area contributed by atoms with E-state index >= 15 is 0 Å². The first-order chi connectivity index (χ1) is 10.6. The average molecular weight is 360 g/mol. The second-order valence-electron chi connectivity index (χ2n) is 5.91. The topological polar surface area (TPSA) is 32.3 Å². The van der Waals surface area contributed by atoms with E-state index in [1.807, 2.05) is 12.1 Å². The zero-order chi connectivity index (χ0) is 15.3. The zero-order valence-corrected chi connectivity index (χ0v) is 13.3. The van der Waals surface area contributed by atoms with Gasteiger partial charge in [0.2, 0.25) is 0 Å². The number of fused-ring (bicyclic) bond motifs is 3. The van der Waals surface area contributed by atoms with Gasteiger partial charge in [0.15, 0.2) is 0 Å². The predicted molar refractivity (Wildman–Crippen MR) is 88.6 cm³/mol. The summed E-state index contributed by atoms with van der Waals surface area (Å²) in [6, 6.07) is 10.4. The smallest absolute Gasteiger partial charge is 0.123 e. The third-order valence-electron chi connectivity index (χ3n) is 4.65. The lowest BCUT2D eigenvalue weighted by Gasteiger charge is -2.37. The number of aromatic hydroxyl groups is 1. The molecule has 1 heterocycles. The molecule has 0 saturated heterocycles. The van der Waals surface area contributed by atoms with Crippen LogP contribution in [0.1, 0.15) is 29.5 Å². The number of phenolic OH excluding ortho intramolecular Hbond substituents is 1. The molecule has 0 bridgehead atoms. The zero-order valence-electron chi connectivity index (χ0n) is 11.8. The van der Waals surface area contributed by atoms with E-state index < -0.39 is 0 Å². The minimum atomic E-state index is -0.205. The molecule has 2 nitrogen and oxygen atoms in total. The van der Waals surface area contributed by atoms with E-state index in [9.17, 15) is 9.50 Å². The second kappa shape index (κ2) is 5.13. The summed E-state index contributed by atoms with van der Waals surface area (Å²) < 4.78 is 14.5. The molecule has 1 aliphatic heterocycles. The maximum atomic E-state index is 13.6. The van der Waals surface area contributed by atoms with Crippen LogP contribution in [0.4, 0.5) is 10.1 Å². The molecule has 4 rings (SSSR count). The Hall–Kier alpha value is -1.81. The summed E-state index contributed by atoms with van der Waals surface area (Å²) in [6.45, 7) is 0. The molecule has 2 aromatic rings. The van der Waals surface area contributed by atoms with E-state index in [1.54, 1.807) is 18.2 Å². The molecule has 0 aromatic heterocycles. The molecule has 3 atom stereocenters. The predicted octanol–water partition coefficient (Wildman–Crippen LogP) is 5.12. The third kappa shape index (κ3) is 2.13. The average Bonchev–Trinajstić information content (AvgIpc) is 2.99. The number of hydrogen-bond acceptors (Lipinski definition) is 2. The lowest BCUT2D eigenvalue weighted by molar-refractivity contribution is 0.401. The van der Waals surface area contributed by atoms with Crippen LogP contribution in [0.25, 0.3) is 0 Å². The quantitative estimate of drug-likeness (QED) is 0.692. The van der Waals surface area contributed by atoms with Crippen LogP contribution < -0.4 is 5.32 Å². The van der Waals surface area contributed by atoms with Crippen LogP contribution >= 0.6 is 15.9 Å². The van der Waals surface area contributed by atoms with Gasteiger partial charge < -0.3 is 10.4 Å². The van der Waals surface area contributed by atoms with Gasteiger partial charge in [-0.1, -0.05) is 28.1 Å². The van der Waals surface area contributed by atoms with Gasteiger partial charge >= 0.3 is 0 Å². The maximum absolute atomic E-state index is 13.6. The summed E-state index contributed by atoms with van der Waals surface area (Å²) >= 11 is 3.47. The number of hydrogen-bond donors (Lipinski definition) is 2. The van der Waals surface area contributed by atoms with E-state index in [-0.39, 0.29) is 29.4 Å². The van der Waals surface area contributed by atoms with Crippen molar-refractivity contribution in [3.63, 3.8) is 0 Å². The Bertz CT molecular complexity index is 774. The fourth-order valence-electron chi connectivity index (χ4n) is 3.65. The largest absolute Gasteiger partial charge is 0.508 e. The first-order valence-corrected chi connectivity index (χ1v) is 8.14. The number of allylic oxidation sites excluding steroid dienone is 2.